The summed E-state index contributed by atoms with van der Waals surface area (Å²) >= 11 is 1.49. The molecule has 2 aliphatic rings. The zero-order valence-electron chi connectivity index (χ0n) is 20.0. The SMILES string of the molecule is CC1=CSC=C(C(=O)Nc2ccc3nc(NC(=O)C4(c5cccc(C(F)(F)F)c5)CCC4)[nH]c3c2)CC1. The van der Waals surface area contributed by atoms with Crippen LogP contribution in [0.5, 0.6) is 0 Å². The van der Waals surface area contributed by atoms with Crippen molar-refractivity contribution in [3.8, 4) is 0 Å². The minimum absolute atomic E-state index is 0.170. The molecule has 1 aliphatic heterocycles. The van der Waals surface area contributed by atoms with Gasteiger partial charge in [0.25, 0.3) is 5.91 Å². The maximum Gasteiger partial charge on any atom is 0.416 e. The number of nitrogens with one attached hydrogen (secondary N) is 3. The van der Waals surface area contributed by atoms with Gasteiger partial charge in [0, 0.05) is 11.3 Å². The lowest BCUT2D eigenvalue weighted by Gasteiger charge is -2.40. The molecule has 0 bridgehead atoms. The summed E-state index contributed by atoms with van der Waals surface area (Å²) in [7, 11) is 0. The second-order valence-corrected chi connectivity index (χ2v) is 10.2. The highest BCUT2D eigenvalue weighted by atomic mass is 32.2. The van der Waals surface area contributed by atoms with E-state index in [2.05, 4.69) is 20.6 Å². The molecule has 1 fully saturated rings. The highest BCUT2D eigenvalue weighted by Crippen LogP contribution is 2.46. The van der Waals surface area contributed by atoms with Crippen molar-refractivity contribution in [2.45, 2.75) is 50.6 Å². The van der Waals surface area contributed by atoms with Crippen LogP contribution in [0.4, 0.5) is 24.8 Å². The van der Waals surface area contributed by atoms with E-state index in [1.54, 1.807) is 24.3 Å². The smallest absolute Gasteiger partial charge is 0.324 e. The Labute approximate surface area is 215 Å². The van der Waals surface area contributed by atoms with Gasteiger partial charge in [0.15, 0.2) is 0 Å². The third-order valence-corrected chi connectivity index (χ3v) is 7.87. The molecule has 3 aromatic rings. The Hall–Kier alpha value is -3.53. The zero-order chi connectivity index (χ0) is 26.2. The first-order valence-corrected chi connectivity index (χ1v) is 12.9. The zero-order valence-corrected chi connectivity index (χ0v) is 20.9. The van der Waals surface area contributed by atoms with Crippen LogP contribution in [0, 0.1) is 0 Å². The van der Waals surface area contributed by atoms with Gasteiger partial charge in [-0.3, -0.25) is 14.9 Å². The van der Waals surface area contributed by atoms with Crippen LogP contribution in [-0.4, -0.2) is 21.8 Å². The molecule has 10 heteroatoms. The number of aromatic amines is 1. The molecule has 0 unspecified atom stereocenters. The van der Waals surface area contributed by atoms with Crippen LogP contribution in [0.3, 0.4) is 0 Å². The number of aromatic nitrogens is 2. The van der Waals surface area contributed by atoms with Crippen molar-refractivity contribution in [2.75, 3.05) is 10.6 Å². The van der Waals surface area contributed by atoms with Gasteiger partial charge < -0.3 is 10.3 Å². The van der Waals surface area contributed by atoms with Gasteiger partial charge in [0.1, 0.15) is 0 Å². The Bertz CT molecular complexity index is 1440. The van der Waals surface area contributed by atoms with Crippen molar-refractivity contribution >= 4 is 46.2 Å². The summed E-state index contributed by atoms with van der Waals surface area (Å²) < 4.78 is 39.7. The van der Waals surface area contributed by atoms with E-state index in [-0.39, 0.29) is 11.9 Å². The van der Waals surface area contributed by atoms with Crippen molar-refractivity contribution in [2.24, 2.45) is 0 Å². The molecule has 1 aromatic heterocycles. The summed E-state index contributed by atoms with van der Waals surface area (Å²) in [6.45, 7) is 2.04. The van der Waals surface area contributed by atoms with Crippen LogP contribution >= 0.6 is 11.8 Å². The van der Waals surface area contributed by atoms with Crippen LogP contribution in [0.2, 0.25) is 0 Å². The second-order valence-electron chi connectivity index (χ2n) is 9.48. The Morgan fingerprint density at radius 1 is 1.05 bits per heavy atom. The summed E-state index contributed by atoms with van der Waals surface area (Å²) in [5, 5.41) is 9.56. The predicted octanol–water partition coefficient (Wildman–Crippen LogP) is 6.90. The van der Waals surface area contributed by atoms with Gasteiger partial charge in [0.05, 0.1) is 22.0 Å². The molecule has 5 rings (SSSR count). The van der Waals surface area contributed by atoms with Crippen molar-refractivity contribution in [3.05, 3.63) is 75.6 Å². The number of fused-ring (bicyclic) bond motifs is 1. The van der Waals surface area contributed by atoms with Gasteiger partial charge in [-0.2, -0.15) is 13.2 Å². The maximum absolute atomic E-state index is 13.3. The van der Waals surface area contributed by atoms with Crippen LogP contribution in [0.1, 0.15) is 50.2 Å². The molecule has 1 saturated carbocycles. The average Bonchev–Trinajstić information content (AvgIpc) is 3.07. The molecule has 2 heterocycles. The molecule has 0 saturated heterocycles. The summed E-state index contributed by atoms with van der Waals surface area (Å²) in [6, 6.07) is 10.2. The summed E-state index contributed by atoms with van der Waals surface area (Å²) in [5.74, 6) is -0.366. The molecular weight excluding hydrogens is 501 g/mol. The monoisotopic (exact) mass is 526 g/mol. The van der Waals surface area contributed by atoms with Gasteiger partial charge in [-0.05, 0) is 73.3 Å². The van der Waals surface area contributed by atoms with Gasteiger partial charge in [0.2, 0.25) is 11.9 Å². The van der Waals surface area contributed by atoms with Crippen LogP contribution < -0.4 is 10.6 Å². The number of hydrogen-bond donors (Lipinski definition) is 3. The fourth-order valence-electron chi connectivity index (χ4n) is 4.60. The number of benzene rings is 2. The van der Waals surface area contributed by atoms with Crippen LogP contribution in [0.25, 0.3) is 11.0 Å². The van der Waals surface area contributed by atoms with Gasteiger partial charge in [-0.1, -0.05) is 30.2 Å². The molecule has 2 amide bonds. The minimum Gasteiger partial charge on any atom is -0.324 e. The number of halogens is 3. The number of alkyl halides is 3. The van der Waals surface area contributed by atoms with Crippen molar-refractivity contribution in [1.29, 1.82) is 0 Å². The van der Waals surface area contributed by atoms with E-state index < -0.39 is 23.1 Å². The van der Waals surface area contributed by atoms with E-state index in [9.17, 15) is 22.8 Å². The molecule has 0 atom stereocenters. The number of imidazole rings is 1. The first-order valence-electron chi connectivity index (χ1n) is 11.9. The topological polar surface area (TPSA) is 86.9 Å². The average molecular weight is 527 g/mol. The van der Waals surface area contributed by atoms with E-state index in [0.717, 1.165) is 25.0 Å². The number of hydrogen-bond acceptors (Lipinski definition) is 4. The van der Waals surface area contributed by atoms with Crippen LogP contribution in [-0.2, 0) is 21.2 Å². The molecule has 3 N–H and O–H groups in total. The lowest BCUT2D eigenvalue weighted by molar-refractivity contribution is -0.138. The molecule has 37 heavy (non-hydrogen) atoms. The molecule has 1 aliphatic carbocycles. The van der Waals surface area contributed by atoms with E-state index in [0.29, 0.717) is 47.1 Å². The molecule has 192 valence electrons. The number of amides is 2. The molecular formula is C27H25F3N4O2S. The number of anilines is 2. The first kappa shape index (κ1) is 25.1. The fraction of sp³-hybridized carbons (Fsp3) is 0.296. The van der Waals surface area contributed by atoms with Crippen molar-refractivity contribution in [1.82, 2.24) is 9.97 Å². The normalized spacial score (nSPS) is 17.3. The quantitative estimate of drug-likeness (QED) is 0.338. The van der Waals surface area contributed by atoms with E-state index in [1.807, 2.05) is 17.7 Å². The molecule has 2 aromatic carbocycles. The van der Waals surface area contributed by atoms with E-state index in [4.69, 9.17) is 0 Å². The molecule has 0 radical (unpaired) electrons. The second kappa shape index (κ2) is 9.74. The number of rotatable bonds is 5. The Balaban J connectivity index is 1.31. The number of carbonyl (C=O) groups excluding carboxylic acids is 2. The Kier molecular flexibility index (Phi) is 6.61. The van der Waals surface area contributed by atoms with E-state index in [1.165, 1.54) is 23.4 Å². The Morgan fingerprint density at radius 3 is 2.59 bits per heavy atom. The highest BCUT2D eigenvalue weighted by molar-refractivity contribution is 8.05. The van der Waals surface area contributed by atoms with Gasteiger partial charge in [-0.15, -0.1) is 11.8 Å². The third-order valence-electron chi connectivity index (χ3n) is 6.92. The summed E-state index contributed by atoms with van der Waals surface area (Å²) in [6.07, 6.45) is -1.32. The first-order chi connectivity index (χ1) is 17.6. The molecule has 0 spiro atoms. The van der Waals surface area contributed by atoms with Crippen molar-refractivity contribution in [3.63, 3.8) is 0 Å². The number of allylic oxidation sites excluding steroid dienone is 1. The number of H-pyrrole nitrogens is 1. The fourth-order valence-corrected chi connectivity index (χ4v) is 5.41. The van der Waals surface area contributed by atoms with E-state index >= 15 is 0 Å². The maximum atomic E-state index is 13.3. The van der Waals surface area contributed by atoms with Crippen molar-refractivity contribution < 1.29 is 22.8 Å². The lowest BCUT2D eigenvalue weighted by atomic mass is 9.63. The minimum atomic E-state index is -4.48. The standard InChI is InChI=1S/C27H25F3N4O2S/c1-16-6-7-17(15-37-14-16)23(35)31-20-8-9-21-22(13-20)33-25(32-21)34-24(36)26(10-3-11-26)18-4-2-5-19(12-18)27(28,29)30/h2,4-5,8-9,12-15H,3,6-7,10-11H2,1H3,(H,31,35)(H2,32,33,34,36). The Morgan fingerprint density at radius 2 is 1.86 bits per heavy atom. The highest BCUT2D eigenvalue weighted by Gasteiger charge is 2.46. The number of nitrogens with zero attached hydrogens (tertiary/aromatic N) is 1. The molecule has 6 nitrogen and oxygen atoms in total. The third kappa shape index (κ3) is 5.16. The van der Waals surface area contributed by atoms with Gasteiger partial charge in [-0.25, -0.2) is 4.98 Å². The largest absolute Gasteiger partial charge is 0.416 e. The number of thioether (sulfide) groups is 1. The predicted molar refractivity (Wildman–Crippen MR) is 139 cm³/mol. The number of carbonyl (C=O) groups is 2. The summed E-state index contributed by atoms with van der Waals surface area (Å²) in [4.78, 5) is 33.4. The summed E-state index contributed by atoms with van der Waals surface area (Å²) in [5.41, 5.74) is 2.26. The lowest BCUT2D eigenvalue weighted by Crippen LogP contribution is -2.46. The van der Waals surface area contributed by atoms with Gasteiger partial charge >= 0.3 is 6.18 Å². The van der Waals surface area contributed by atoms with Crippen LogP contribution in [0.15, 0.2) is 64.4 Å².